The quantitative estimate of drug-likeness (QED) is 0.118. The topological polar surface area (TPSA) is 63.4 Å². The van der Waals surface area contributed by atoms with Crippen LogP contribution in [0, 0.1) is 6.92 Å². The molecule has 7 heteroatoms. The van der Waals surface area contributed by atoms with Crippen LogP contribution in [0.3, 0.4) is 0 Å². The number of benzene rings is 2. The van der Waals surface area contributed by atoms with Gasteiger partial charge < -0.3 is 0 Å². The average molecular weight is 665 g/mol. The van der Waals surface area contributed by atoms with Crippen molar-refractivity contribution in [1.29, 1.82) is 0 Å². The Morgan fingerprint density at radius 2 is 1.45 bits per heavy atom. The number of phenolic OH excluding ortho intramolecular Hbond substituents is 1. The first kappa shape index (κ1) is 28.6. The zero-order valence-electron chi connectivity index (χ0n) is 20.6. The molecule has 5 nitrogen and oxygen atoms in total. The summed E-state index contributed by atoms with van der Waals surface area (Å²) in [6, 6.07) is 13.3. The van der Waals surface area contributed by atoms with Gasteiger partial charge in [-0.3, -0.25) is 0 Å². The van der Waals surface area contributed by atoms with Crippen LogP contribution in [0.4, 0.5) is 11.4 Å². The van der Waals surface area contributed by atoms with Crippen LogP contribution >= 0.6 is 0 Å². The standard InChI is InChI=1S/C14H12N2O3.3C4H9.2Sn/c1-9-6-7-13(17)12(8-9)16-15-11-5-3-2-4-10(11)14(18)19;3*1-3-4-2;;/h2-8,14,17H,1H3;3*1,3-4H2,2H3;;/q-2;;;;2*+1. The molecule has 0 aromatic heterocycles. The molecule has 2 aromatic rings. The fourth-order valence-electron chi connectivity index (χ4n) is 4.03. The van der Waals surface area contributed by atoms with Gasteiger partial charge in [-0.2, -0.15) is 0 Å². The number of aromatic hydroxyl groups is 1. The normalized spacial score (nSPS) is 13.0. The molecule has 0 aliphatic heterocycles. The van der Waals surface area contributed by atoms with Crippen molar-refractivity contribution in [2.24, 2.45) is 10.2 Å². The van der Waals surface area contributed by atoms with Crippen LogP contribution in [-0.4, -0.2) is 46.8 Å². The van der Waals surface area contributed by atoms with Crippen LogP contribution in [-0.2, 0) is 6.15 Å². The first-order valence-electron chi connectivity index (χ1n) is 12.3. The molecule has 1 unspecified atom stereocenters. The van der Waals surface area contributed by atoms with Crippen LogP contribution < -0.4 is 0 Å². The zero-order chi connectivity index (χ0) is 24.1. The molecule has 1 N–H and O–H groups in total. The van der Waals surface area contributed by atoms with Gasteiger partial charge in [-0.1, -0.05) is 0 Å². The molecule has 0 bridgehead atoms. The summed E-state index contributed by atoms with van der Waals surface area (Å²) in [7, 11) is 0. The maximum absolute atomic E-state index is 10.1. The molecule has 2 aromatic carbocycles. The predicted octanol–water partition coefficient (Wildman–Crippen LogP) is 8.58. The second kappa shape index (κ2) is 15.4. The SMILES string of the molecule is CCC[CH2][Sn]([CH2]CCC)([CH2]CCC)[O]C([O][Sn])c1ccccc1N=Nc1cc(C)ccc1O. The number of aryl methyl sites for hydroxylation is 1. The molecule has 0 saturated carbocycles. The summed E-state index contributed by atoms with van der Waals surface area (Å²) >= 11 is -1.90. The third kappa shape index (κ3) is 9.15. The van der Waals surface area contributed by atoms with Crippen LogP contribution in [0.15, 0.2) is 52.7 Å². The molecule has 0 aliphatic carbocycles. The molecule has 1 atom stereocenters. The second-order valence-corrected chi connectivity index (χ2v) is 21.2. The predicted molar refractivity (Wildman–Crippen MR) is 139 cm³/mol. The number of hydrogen-bond donors (Lipinski definition) is 1. The van der Waals surface area contributed by atoms with Crippen molar-refractivity contribution in [3.05, 3.63) is 53.6 Å². The summed E-state index contributed by atoms with van der Waals surface area (Å²) in [4.78, 5) is 0. The Morgan fingerprint density at radius 1 is 0.879 bits per heavy atom. The van der Waals surface area contributed by atoms with Gasteiger partial charge in [0.2, 0.25) is 0 Å². The molecule has 3 radical (unpaired) electrons. The zero-order valence-corrected chi connectivity index (χ0v) is 26.3. The van der Waals surface area contributed by atoms with Crippen molar-refractivity contribution < 1.29 is 11.3 Å². The molecule has 0 fully saturated rings. The van der Waals surface area contributed by atoms with Crippen molar-refractivity contribution in [2.75, 3.05) is 0 Å². The number of rotatable bonds is 15. The molecule has 0 amide bonds. The van der Waals surface area contributed by atoms with E-state index in [1.54, 1.807) is 6.07 Å². The minimum atomic E-state index is -2.89. The summed E-state index contributed by atoms with van der Waals surface area (Å²) < 4.78 is 16.9. The van der Waals surface area contributed by atoms with E-state index < -0.39 is 25.1 Å². The van der Waals surface area contributed by atoms with Crippen LogP contribution in [0.1, 0.15) is 76.7 Å². The van der Waals surface area contributed by atoms with E-state index in [9.17, 15) is 5.11 Å². The van der Waals surface area contributed by atoms with E-state index in [0.717, 1.165) is 39.8 Å². The Kier molecular flexibility index (Phi) is 13.3. The van der Waals surface area contributed by atoms with Crippen molar-refractivity contribution in [3.8, 4) is 5.75 Å². The van der Waals surface area contributed by atoms with Gasteiger partial charge in [0.05, 0.1) is 0 Å². The molecule has 0 saturated heterocycles. The monoisotopic (exact) mass is 667 g/mol. The van der Waals surface area contributed by atoms with Gasteiger partial charge in [-0.05, 0) is 0 Å². The van der Waals surface area contributed by atoms with Gasteiger partial charge in [-0.15, -0.1) is 0 Å². The Labute approximate surface area is 218 Å². The maximum atomic E-state index is 10.1. The first-order valence-corrected chi connectivity index (χ1v) is 20.7. The van der Waals surface area contributed by atoms with Crippen molar-refractivity contribution >= 4 is 53.1 Å². The van der Waals surface area contributed by atoms with Gasteiger partial charge in [0.25, 0.3) is 0 Å². The summed E-state index contributed by atoms with van der Waals surface area (Å²) in [6.07, 6.45) is 6.92. The number of hydrogen-bond acceptors (Lipinski definition) is 5. The fraction of sp³-hybridized carbons (Fsp3) is 0.538. The van der Waals surface area contributed by atoms with E-state index in [-0.39, 0.29) is 5.75 Å². The van der Waals surface area contributed by atoms with Crippen molar-refractivity contribution in [2.45, 2.75) is 85.8 Å². The molecular formula is C26H39N2O3Sn2. The number of nitrogens with zero attached hydrogens (tertiary/aromatic N) is 2. The summed E-state index contributed by atoms with van der Waals surface area (Å²) in [5.41, 5.74) is 3.15. The average Bonchev–Trinajstić information content (AvgIpc) is 2.84. The Bertz CT molecular complexity index is 855. The number of unbranched alkanes of at least 4 members (excludes halogenated alkanes) is 3. The summed E-state index contributed by atoms with van der Waals surface area (Å²) in [6.45, 7) is 8.78. The Hall–Kier alpha value is -0.643. The fourth-order valence-corrected chi connectivity index (χ4v) is 18.8. The van der Waals surface area contributed by atoms with Gasteiger partial charge in [0.15, 0.2) is 0 Å². The van der Waals surface area contributed by atoms with E-state index in [4.69, 9.17) is 6.15 Å². The van der Waals surface area contributed by atoms with Gasteiger partial charge >= 0.3 is 220 Å². The molecule has 0 heterocycles. The molecule has 179 valence electrons. The molecule has 0 aliphatic rings. The Morgan fingerprint density at radius 3 is 2.03 bits per heavy atom. The van der Waals surface area contributed by atoms with E-state index in [1.807, 2.05) is 43.3 Å². The van der Waals surface area contributed by atoms with E-state index in [1.165, 1.54) is 51.8 Å². The molecule has 0 spiro atoms. The molecule has 33 heavy (non-hydrogen) atoms. The number of azo groups is 1. The van der Waals surface area contributed by atoms with Gasteiger partial charge in [0.1, 0.15) is 0 Å². The van der Waals surface area contributed by atoms with Crippen molar-refractivity contribution in [3.63, 3.8) is 0 Å². The summed E-state index contributed by atoms with van der Waals surface area (Å²) in [5, 5.41) is 19.0. The van der Waals surface area contributed by atoms with E-state index in [2.05, 4.69) is 31.0 Å². The second-order valence-electron chi connectivity index (χ2n) is 8.81. The molecular weight excluding hydrogens is 626 g/mol. The van der Waals surface area contributed by atoms with Gasteiger partial charge in [0, 0.05) is 0 Å². The van der Waals surface area contributed by atoms with E-state index >= 15 is 0 Å². The van der Waals surface area contributed by atoms with Gasteiger partial charge in [-0.25, -0.2) is 0 Å². The first-order chi connectivity index (χ1) is 16.0. The third-order valence-electron chi connectivity index (χ3n) is 6.01. The third-order valence-corrected chi connectivity index (χ3v) is 19.5. The van der Waals surface area contributed by atoms with Crippen LogP contribution in [0.2, 0.25) is 13.3 Å². The molecule has 2 rings (SSSR count). The van der Waals surface area contributed by atoms with E-state index in [0.29, 0.717) is 5.69 Å². The van der Waals surface area contributed by atoms with Crippen molar-refractivity contribution in [1.82, 2.24) is 0 Å². The van der Waals surface area contributed by atoms with Crippen LogP contribution in [0.25, 0.3) is 0 Å². The van der Waals surface area contributed by atoms with Crippen LogP contribution in [0.5, 0.6) is 5.75 Å². The summed E-state index contributed by atoms with van der Waals surface area (Å²) in [5.74, 6) is 0.125. The minimum absolute atomic E-state index is 0.125. The number of phenols is 1. The Balaban J connectivity index is 2.37.